The van der Waals surface area contributed by atoms with Gasteiger partial charge in [-0.05, 0) is 61.4 Å². The summed E-state index contributed by atoms with van der Waals surface area (Å²) >= 11 is 0. The number of nitrogens with zero attached hydrogens (tertiary/aromatic N) is 2. The van der Waals surface area contributed by atoms with Crippen molar-refractivity contribution in [3.8, 4) is 0 Å². The van der Waals surface area contributed by atoms with Crippen LogP contribution in [-0.4, -0.2) is 36.3 Å². The lowest BCUT2D eigenvalue weighted by atomic mass is 9.88. The minimum atomic E-state index is 0.0881. The number of carbonyl (C=O) groups is 2. The summed E-state index contributed by atoms with van der Waals surface area (Å²) in [4.78, 5) is 30.6. The fraction of sp³-hybridized carbons (Fsp3) is 0.481. The predicted molar refractivity (Wildman–Crippen MR) is 128 cm³/mol. The van der Waals surface area contributed by atoms with Crippen molar-refractivity contribution in [1.82, 2.24) is 4.90 Å². The Labute approximate surface area is 190 Å². The van der Waals surface area contributed by atoms with E-state index < -0.39 is 0 Å². The first-order valence-corrected chi connectivity index (χ1v) is 12.2. The maximum Gasteiger partial charge on any atom is 0.256 e. The Kier molecular flexibility index (Phi) is 6.15. The molecule has 2 aromatic carbocycles. The van der Waals surface area contributed by atoms with Gasteiger partial charge < -0.3 is 15.1 Å². The molecule has 1 aliphatic carbocycles. The Bertz CT molecular complexity index is 990. The third-order valence-corrected chi connectivity index (χ3v) is 7.34. The molecule has 0 spiro atoms. The van der Waals surface area contributed by atoms with Gasteiger partial charge in [0.25, 0.3) is 5.91 Å². The zero-order valence-electron chi connectivity index (χ0n) is 18.8. The highest BCUT2D eigenvalue weighted by Crippen LogP contribution is 2.32. The van der Waals surface area contributed by atoms with Crippen LogP contribution in [0.2, 0.25) is 0 Å². The molecule has 168 valence electrons. The quantitative estimate of drug-likeness (QED) is 0.741. The minimum Gasteiger partial charge on any atom is -0.366 e. The largest absolute Gasteiger partial charge is 0.366 e. The van der Waals surface area contributed by atoms with Gasteiger partial charge in [-0.3, -0.25) is 9.59 Å². The molecule has 0 unspecified atom stereocenters. The molecule has 0 bridgehead atoms. The summed E-state index contributed by atoms with van der Waals surface area (Å²) < 4.78 is 0. The molecule has 2 fully saturated rings. The average Bonchev–Trinajstić information content (AvgIpc) is 3.39. The van der Waals surface area contributed by atoms with E-state index in [2.05, 4.69) is 34.5 Å². The molecular weight excluding hydrogens is 398 g/mol. The lowest BCUT2D eigenvalue weighted by Gasteiger charge is -2.33. The Balaban J connectivity index is 1.42. The first-order chi connectivity index (χ1) is 15.7. The zero-order valence-corrected chi connectivity index (χ0v) is 18.8. The molecule has 1 saturated carbocycles. The van der Waals surface area contributed by atoms with Crippen molar-refractivity contribution in [2.45, 2.75) is 57.9 Å². The van der Waals surface area contributed by atoms with Crippen LogP contribution in [0.5, 0.6) is 0 Å². The fourth-order valence-electron chi connectivity index (χ4n) is 5.46. The van der Waals surface area contributed by atoms with Crippen LogP contribution in [0.25, 0.3) is 0 Å². The second kappa shape index (κ2) is 9.35. The summed E-state index contributed by atoms with van der Waals surface area (Å²) in [5.41, 5.74) is 5.16. The average molecular weight is 432 g/mol. The van der Waals surface area contributed by atoms with Gasteiger partial charge in [0, 0.05) is 43.5 Å². The van der Waals surface area contributed by atoms with E-state index in [1.807, 2.05) is 23.1 Å². The smallest absolute Gasteiger partial charge is 0.256 e. The van der Waals surface area contributed by atoms with Crippen molar-refractivity contribution < 1.29 is 9.59 Å². The third kappa shape index (κ3) is 4.38. The lowest BCUT2D eigenvalue weighted by Crippen LogP contribution is -2.34. The van der Waals surface area contributed by atoms with Gasteiger partial charge in [-0.25, -0.2) is 0 Å². The molecule has 5 nitrogen and oxygen atoms in total. The first kappa shape index (κ1) is 21.0. The molecule has 2 aromatic rings. The molecule has 32 heavy (non-hydrogen) atoms. The fourth-order valence-corrected chi connectivity index (χ4v) is 5.46. The van der Waals surface area contributed by atoms with Crippen molar-refractivity contribution in [2.24, 2.45) is 5.92 Å². The SMILES string of the molecule is O=C(Nc1ccc(N2CCc3ccccc3C2)c(C(=O)N2CCCC2)c1)C1CCCCC1. The molecule has 1 N–H and O–H groups in total. The molecule has 1 saturated heterocycles. The number of nitrogens with one attached hydrogen (secondary N) is 1. The topological polar surface area (TPSA) is 52.7 Å². The molecule has 2 amide bonds. The summed E-state index contributed by atoms with van der Waals surface area (Å²) in [6.45, 7) is 3.34. The van der Waals surface area contributed by atoms with Gasteiger partial charge in [0.05, 0.1) is 5.56 Å². The number of benzene rings is 2. The van der Waals surface area contributed by atoms with E-state index in [0.29, 0.717) is 5.56 Å². The molecule has 2 aliphatic heterocycles. The molecular formula is C27H33N3O2. The van der Waals surface area contributed by atoms with Crippen LogP contribution < -0.4 is 10.2 Å². The van der Waals surface area contributed by atoms with Crippen LogP contribution in [0.4, 0.5) is 11.4 Å². The number of anilines is 2. The van der Waals surface area contributed by atoms with Gasteiger partial charge in [0.1, 0.15) is 0 Å². The van der Waals surface area contributed by atoms with Crippen molar-refractivity contribution >= 4 is 23.2 Å². The predicted octanol–water partition coefficient (Wildman–Crippen LogP) is 5.00. The van der Waals surface area contributed by atoms with Gasteiger partial charge in [-0.15, -0.1) is 0 Å². The van der Waals surface area contributed by atoms with Crippen LogP contribution in [0.3, 0.4) is 0 Å². The van der Waals surface area contributed by atoms with Gasteiger partial charge in [-0.1, -0.05) is 43.5 Å². The standard InChI is InChI=1S/C27H33N3O2/c31-26(21-9-2-1-3-10-21)28-23-12-13-25(24(18-23)27(32)29-15-6-7-16-29)30-17-14-20-8-4-5-11-22(20)19-30/h4-5,8,11-13,18,21H,1-3,6-7,9-10,14-17,19H2,(H,28,31). The second-order valence-corrected chi connectivity index (χ2v) is 9.50. The number of likely N-dealkylation sites (tertiary alicyclic amines) is 1. The maximum absolute atomic E-state index is 13.5. The van der Waals surface area contributed by atoms with Crippen molar-refractivity contribution in [1.29, 1.82) is 0 Å². The number of carbonyl (C=O) groups excluding carboxylic acids is 2. The third-order valence-electron chi connectivity index (χ3n) is 7.34. The molecule has 3 aliphatic rings. The van der Waals surface area contributed by atoms with Crippen LogP contribution in [0.1, 0.15) is 66.4 Å². The second-order valence-electron chi connectivity index (χ2n) is 9.50. The highest BCUT2D eigenvalue weighted by molar-refractivity contribution is 6.02. The summed E-state index contributed by atoms with van der Waals surface area (Å²) in [6.07, 6.45) is 8.54. The van der Waals surface area contributed by atoms with Crippen molar-refractivity contribution in [2.75, 3.05) is 29.9 Å². The van der Waals surface area contributed by atoms with E-state index in [9.17, 15) is 9.59 Å². The number of fused-ring (bicyclic) bond motifs is 1. The number of hydrogen-bond donors (Lipinski definition) is 1. The van der Waals surface area contributed by atoms with E-state index >= 15 is 0 Å². The number of rotatable bonds is 4. The van der Waals surface area contributed by atoms with Crippen LogP contribution in [0.15, 0.2) is 42.5 Å². The molecule has 5 rings (SSSR count). The Morgan fingerprint density at radius 3 is 2.38 bits per heavy atom. The molecule has 0 atom stereocenters. The van der Waals surface area contributed by atoms with Gasteiger partial charge in [-0.2, -0.15) is 0 Å². The van der Waals surface area contributed by atoms with Crippen molar-refractivity contribution in [3.05, 3.63) is 59.2 Å². The minimum absolute atomic E-state index is 0.0881. The summed E-state index contributed by atoms with van der Waals surface area (Å²) in [7, 11) is 0. The molecule has 2 heterocycles. The maximum atomic E-state index is 13.5. The number of amides is 2. The number of hydrogen-bond acceptors (Lipinski definition) is 3. The van der Waals surface area contributed by atoms with Gasteiger partial charge in [0.15, 0.2) is 0 Å². The van der Waals surface area contributed by atoms with E-state index in [-0.39, 0.29) is 17.7 Å². The lowest BCUT2D eigenvalue weighted by molar-refractivity contribution is -0.120. The Hall–Kier alpha value is -2.82. The van der Waals surface area contributed by atoms with Crippen LogP contribution in [-0.2, 0) is 17.8 Å². The van der Waals surface area contributed by atoms with Crippen LogP contribution in [0, 0.1) is 5.92 Å². The highest BCUT2D eigenvalue weighted by Gasteiger charge is 2.27. The monoisotopic (exact) mass is 431 g/mol. The first-order valence-electron chi connectivity index (χ1n) is 12.2. The van der Waals surface area contributed by atoms with Gasteiger partial charge >= 0.3 is 0 Å². The van der Waals surface area contributed by atoms with Crippen molar-refractivity contribution in [3.63, 3.8) is 0 Å². The zero-order chi connectivity index (χ0) is 21.9. The van der Waals surface area contributed by atoms with E-state index in [0.717, 1.165) is 82.5 Å². The summed E-state index contributed by atoms with van der Waals surface area (Å²) in [5, 5.41) is 3.12. The summed E-state index contributed by atoms with van der Waals surface area (Å²) in [5.74, 6) is 0.286. The van der Waals surface area contributed by atoms with Gasteiger partial charge in [0.2, 0.25) is 5.91 Å². The molecule has 0 radical (unpaired) electrons. The normalized spacial score (nSPS) is 19.0. The Morgan fingerprint density at radius 2 is 1.59 bits per heavy atom. The van der Waals surface area contributed by atoms with E-state index in [1.54, 1.807) is 0 Å². The van der Waals surface area contributed by atoms with E-state index in [4.69, 9.17) is 0 Å². The molecule has 5 heteroatoms. The van der Waals surface area contributed by atoms with E-state index in [1.165, 1.54) is 17.5 Å². The summed E-state index contributed by atoms with van der Waals surface area (Å²) in [6, 6.07) is 14.5. The highest BCUT2D eigenvalue weighted by atomic mass is 16.2. The van der Waals surface area contributed by atoms with Crippen LogP contribution >= 0.6 is 0 Å². The Morgan fingerprint density at radius 1 is 0.844 bits per heavy atom. The molecule has 0 aromatic heterocycles.